The molecule has 1 heterocycles. The number of hydrogen-bond acceptors (Lipinski definition) is 3. The number of carbonyl (C=O) groups is 1. The lowest BCUT2D eigenvalue weighted by molar-refractivity contribution is -0.130. The zero-order chi connectivity index (χ0) is 18.8. The summed E-state index contributed by atoms with van der Waals surface area (Å²) in [6, 6.07) is 12.2. The Hall–Kier alpha value is -1.61. The van der Waals surface area contributed by atoms with Crippen molar-refractivity contribution in [2.75, 3.05) is 26.7 Å². The maximum absolute atomic E-state index is 12.5. The number of rotatable bonds is 8. The second kappa shape index (κ2) is 12.7. The minimum absolute atomic E-state index is 0. The molecule has 1 atom stereocenters. The number of likely N-dealkylation sites (N-methyl/N-ethyl adjacent to an activating group) is 1. The van der Waals surface area contributed by atoms with Crippen molar-refractivity contribution >= 4 is 47.2 Å². The molecule has 2 N–H and O–H groups in total. The average molecular weight is 500 g/mol. The summed E-state index contributed by atoms with van der Waals surface area (Å²) in [6.07, 6.45) is 0. The molecule has 0 radical (unpaired) electrons. The number of carbonyl (C=O) groups excluding carboxylic acids is 1. The minimum Gasteiger partial charge on any atom is -0.356 e. The van der Waals surface area contributed by atoms with Crippen LogP contribution < -0.4 is 10.6 Å². The third-order valence-corrected chi connectivity index (χ3v) is 4.97. The van der Waals surface area contributed by atoms with Crippen molar-refractivity contribution in [3.05, 3.63) is 58.3 Å². The summed E-state index contributed by atoms with van der Waals surface area (Å²) in [5.41, 5.74) is 2.45. The maximum atomic E-state index is 12.5. The standard InChI is InChI=1S/C20H28N4OS.HI/c1-4-24(14-17-8-6-5-7-9-17)19(25)13-23-20(21-3)22-12-16(2)18-10-11-26-15-18;/h5-11,15-16H,4,12-14H2,1-3H3,(H2,21,22,23);1H. The van der Waals surface area contributed by atoms with E-state index >= 15 is 0 Å². The van der Waals surface area contributed by atoms with E-state index in [9.17, 15) is 4.79 Å². The lowest BCUT2D eigenvalue weighted by Crippen LogP contribution is -2.45. The second-order valence-electron chi connectivity index (χ2n) is 6.16. The summed E-state index contributed by atoms with van der Waals surface area (Å²) in [6.45, 7) is 6.47. The Kier molecular flexibility index (Phi) is 11.0. The highest BCUT2D eigenvalue weighted by molar-refractivity contribution is 14.0. The van der Waals surface area contributed by atoms with Gasteiger partial charge in [0.1, 0.15) is 0 Å². The van der Waals surface area contributed by atoms with Gasteiger partial charge in [-0.3, -0.25) is 9.79 Å². The van der Waals surface area contributed by atoms with E-state index in [0.717, 1.165) is 12.1 Å². The van der Waals surface area contributed by atoms with Crippen LogP contribution in [0.1, 0.15) is 30.9 Å². The molecule has 1 aromatic heterocycles. The maximum Gasteiger partial charge on any atom is 0.242 e. The first kappa shape index (κ1) is 23.4. The number of guanidine groups is 1. The van der Waals surface area contributed by atoms with Crippen LogP contribution in [0.3, 0.4) is 0 Å². The molecular weight excluding hydrogens is 471 g/mol. The summed E-state index contributed by atoms with van der Waals surface area (Å²) in [4.78, 5) is 18.6. The number of aliphatic imine (C=N–C) groups is 1. The van der Waals surface area contributed by atoms with Gasteiger partial charge in [-0.25, -0.2) is 0 Å². The SMILES string of the molecule is CCN(Cc1ccccc1)C(=O)CNC(=NC)NCC(C)c1ccsc1.I. The van der Waals surface area contributed by atoms with Crippen molar-refractivity contribution in [3.63, 3.8) is 0 Å². The predicted molar refractivity (Wildman–Crippen MR) is 125 cm³/mol. The van der Waals surface area contributed by atoms with Crippen LogP contribution in [0.25, 0.3) is 0 Å². The van der Waals surface area contributed by atoms with Gasteiger partial charge >= 0.3 is 0 Å². The molecule has 1 unspecified atom stereocenters. The van der Waals surface area contributed by atoms with Crippen LogP contribution in [-0.4, -0.2) is 43.4 Å². The van der Waals surface area contributed by atoms with Crippen molar-refractivity contribution in [1.29, 1.82) is 0 Å². The molecule has 0 spiro atoms. The molecule has 0 aliphatic rings. The van der Waals surface area contributed by atoms with E-state index in [2.05, 4.69) is 39.4 Å². The molecule has 2 aromatic rings. The molecule has 27 heavy (non-hydrogen) atoms. The summed E-state index contributed by atoms with van der Waals surface area (Å²) in [5.74, 6) is 1.10. The van der Waals surface area contributed by atoms with Crippen LogP contribution in [0.15, 0.2) is 52.2 Å². The van der Waals surface area contributed by atoms with Crippen molar-refractivity contribution in [1.82, 2.24) is 15.5 Å². The highest BCUT2D eigenvalue weighted by Gasteiger charge is 2.13. The lowest BCUT2D eigenvalue weighted by atomic mass is 10.1. The number of amides is 1. The molecule has 0 saturated carbocycles. The molecule has 0 fully saturated rings. The highest BCUT2D eigenvalue weighted by Crippen LogP contribution is 2.16. The molecule has 0 saturated heterocycles. The number of nitrogens with one attached hydrogen (secondary N) is 2. The molecule has 0 aliphatic heterocycles. The molecule has 1 aromatic carbocycles. The third-order valence-electron chi connectivity index (χ3n) is 4.27. The number of thiophene rings is 1. The molecule has 0 aliphatic carbocycles. The summed E-state index contributed by atoms with van der Waals surface area (Å²) < 4.78 is 0. The molecule has 1 amide bonds. The number of halogens is 1. The fourth-order valence-corrected chi connectivity index (χ4v) is 3.38. The van der Waals surface area contributed by atoms with Crippen LogP contribution in [0.2, 0.25) is 0 Å². The topological polar surface area (TPSA) is 56.7 Å². The van der Waals surface area contributed by atoms with Gasteiger partial charge in [0.15, 0.2) is 5.96 Å². The third kappa shape index (κ3) is 7.88. The number of nitrogens with zero attached hydrogens (tertiary/aromatic N) is 2. The Bertz CT molecular complexity index is 691. The smallest absolute Gasteiger partial charge is 0.242 e. The first-order valence-electron chi connectivity index (χ1n) is 8.92. The van der Waals surface area contributed by atoms with Crippen LogP contribution in [-0.2, 0) is 11.3 Å². The van der Waals surface area contributed by atoms with Gasteiger partial charge in [0.2, 0.25) is 5.91 Å². The Morgan fingerprint density at radius 3 is 2.56 bits per heavy atom. The van der Waals surface area contributed by atoms with E-state index in [1.807, 2.05) is 42.2 Å². The fraction of sp³-hybridized carbons (Fsp3) is 0.400. The molecule has 148 valence electrons. The zero-order valence-electron chi connectivity index (χ0n) is 16.1. The van der Waals surface area contributed by atoms with Gasteiger partial charge in [0.05, 0.1) is 6.54 Å². The van der Waals surface area contributed by atoms with Crippen LogP contribution in [0.5, 0.6) is 0 Å². The monoisotopic (exact) mass is 500 g/mol. The van der Waals surface area contributed by atoms with Gasteiger partial charge in [0, 0.05) is 26.7 Å². The lowest BCUT2D eigenvalue weighted by Gasteiger charge is -2.22. The van der Waals surface area contributed by atoms with E-state index in [4.69, 9.17) is 0 Å². The highest BCUT2D eigenvalue weighted by atomic mass is 127. The summed E-state index contributed by atoms with van der Waals surface area (Å²) >= 11 is 1.70. The average Bonchev–Trinajstić information content (AvgIpc) is 3.21. The van der Waals surface area contributed by atoms with Gasteiger partial charge < -0.3 is 15.5 Å². The molecular formula is C20H29IN4OS. The Morgan fingerprint density at radius 1 is 1.22 bits per heavy atom. The van der Waals surface area contributed by atoms with E-state index in [1.54, 1.807) is 18.4 Å². The van der Waals surface area contributed by atoms with Gasteiger partial charge in [-0.1, -0.05) is 37.3 Å². The van der Waals surface area contributed by atoms with Gasteiger partial charge in [-0.05, 0) is 40.8 Å². The zero-order valence-corrected chi connectivity index (χ0v) is 19.3. The van der Waals surface area contributed by atoms with Gasteiger partial charge in [0.25, 0.3) is 0 Å². The van der Waals surface area contributed by atoms with Gasteiger partial charge in [-0.2, -0.15) is 11.3 Å². The minimum atomic E-state index is 0. The van der Waals surface area contributed by atoms with Gasteiger partial charge in [-0.15, -0.1) is 24.0 Å². The van der Waals surface area contributed by atoms with Crippen molar-refractivity contribution in [2.45, 2.75) is 26.3 Å². The Morgan fingerprint density at radius 2 is 1.96 bits per heavy atom. The van der Waals surface area contributed by atoms with Crippen molar-refractivity contribution in [3.8, 4) is 0 Å². The van der Waals surface area contributed by atoms with Crippen LogP contribution in [0, 0.1) is 0 Å². The van der Waals surface area contributed by atoms with E-state index in [-0.39, 0.29) is 36.4 Å². The Balaban J connectivity index is 0.00000364. The van der Waals surface area contributed by atoms with Crippen LogP contribution in [0.4, 0.5) is 0 Å². The number of hydrogen-bond donors (Lipinski definition) is 2. The first-order chi connectivity index (χ1) is 12.6. The molecule has 2 rings (SSSR count). The predicted octanol–water partition coefficient (Wildman–Crippen LogP) is 3.68. The summed E-state index contributed by atoms with van der Waals surface area (Å²) in [5, 5.41) is 10.7. The Labute approximate surface area is 183 Å². The van der Waals surface area contributed by atoms with Crippen LogP contribution >= 0.6 is 35.3 Å². The molecule has 0 bridgehead atoms. The first-order valence-corrected chi connectivity index (χ1v) is 9.86. The van der Waals surface area contributed by atoms with E-state index < -0.39 is 0 Å². The largest absolute Gasteiger partial charge is 0.356 e. The second-order valence-corrected chi connectivity index (χ2v) is 6.94. The van der Waals surface area contributed by atoms with Crippen molar-refractivity contribution in [2.24, 2.45) is 4.99 Å². The fourth-order valence-electron chi connectivity index (χ4n) is 2.59. The van der Waals surface area contributed by atoms with Crippen molar-refractivity contribution < 1.29 is 4.79 Å². The quantitative estimate of drug-likeness (QED) is 0.331. The van der Waals surface area contributed by atoms with E-state index in [1.165, 1.54) is 5.56 Å². The summed E-state index contributed by atoms with van der Waals surface area (Å²) in [7, 11) is 1.72. The van der Waals surface area contributed by atoms with E-state index in [0.29, 0.717) is 25.0 Å². The number of benzene rings is 1. The molecule has 5 nitrogen and oxygen atoms in total. The molecule has 7 heteroatoms. The normalized spacial score (nSPS) is 12.0.